The molecule has 0 saturated carbocycles. The van der Waals surface area contributed by atoms with Crippen molar-refractivity contribution < 1.29 is 9.18 Å². The minimum Gasteiger partial charge on any atom is -0.369 e. The Hall–Kier alpha value is -3.03. The van der Waals surface area contributed by atoms with Gasteiger partial charge in [-0.3, -0.25) is 9.69 Å². The molecule has 0 unspecified atom stereocenters. The highest BCUT2D eigenvalue weighted by Gasteiger charge is 2.20. The van der Waals surface area contributed by atoms with Crippen molar-refractivity contribution in [2.24, 2.45) is 0 Å². The van der Waals surface area contributed by atoms with Gasteiger partial charge in [-0.25, -0.2) is 9.37 Å². The lowest BCUT2D eigenvalue weighted by molar-refractivity contribution is -0.117. The maximum Gasteiger partial charge on any atom is 0.240 e. The van der Waals surface area contributed by atoms with Crippen molar-refractivity contribution in [2.75, 3.05) is 42.9 Å². The molecular formula is C23H21FN4OS. The predicted octanol–water partition coefficient (Wildman–Crippen LogP) is 4.35. The van der Waals surface area contributed by atoms with Crippen LogP contribution in [0.1, 0.15) is 0 Å². The van der Waals surface area contributed by atoms with Gasteiger partial charge in [0.2, 0.25) is 5.91 Å². The van der Waals surface area contributed by atoms with Crippen molar-refractivity contribution in [3.8, 4) is 0 Å². The zero-order valence-electron chi connectivity index (χ0n) is 16.3. The number of halogens is 1. The van der Waals surface area contributed by atoms with Gasteiger partial charge in [-0.2, -0.15) is 0 Å². The van der Waals surface area contributed by atoms with Gasteiger partial charge in [0.15, 0.2) is 5.13 Å². The summed E-state index contributed by atoms with van der Waals surface area (Å²) in [7, 11) is 0. The van der Waals surface area contributed by atoms with Gasteiger partial charge in [0.25, 0.3) is 0 Å². The number of nitrogens with zero attached hydrogens (tertiary/aromatic N) is 3. The summed E-state index contributed by atoms with van der Waals surface area (Å²) in [6, 6.07) is 19.4. The normalized spacial score (nSPS) is 15.0. The maximum absolute atomic E-state index is 13.3. The third-order valence-corrected chi connectivity index (χ3v) is 6.37. The van der Waals surface area contributed by atoms with Crippen LogP contribution < -0.4 is 10.2 Å². The quantitative estimate of drug-likeness (QED) is 0.533. The molecule has 152 valence electrons. The number of carbonyl (C=O) groups excluding carboxylic acids is 1. The maximum atomic E-state index is 13.3. The summed E-state index contributed by atoms with van der Waals surface area (Å²) in [5.74, 6) is -0.387. The first kappa shape index (κ1) is 19.0. The summed E-state index contributed by atoms with van der Waals surface area (Å²) in [4.78, 5) is 21.3. The Balaban J connectivity index is 1.17. The summed E-state index contributed by atoms with van der Waals surface area (Å²) in [5, 5.41) is 5.85. The highest BCUT2D eigenvalue weighted by molar-refractivity contribution is 7.22. The molecule has 3 aromatic carbocycles. The van der Waals surface area contributed by atoms with E-state index >= 15 is 0 Å². The number of amides is 1. The van der Waals surface area contributed by atoms with Crippen LogP contribution in [0.15, 0.2) is 60.7 Å². The lowest BCUT2D eigenvalue weighted by Crippen LogP contribution is -2.48. The van der Waals surface area contributed by atoms with E-state index in [4.69, 9.17) is 0 Å². The van der Waals surface area contributed by atoms with Crippen LogP contribution in [0.4, 0.5) is 15.2 Å². The molecule has 0 aliphatic carbocycles. The van der Waals surface area contributed by atoms with Crippen molar-refractivity contribution in [2.45, 2.75) is 0 Å². The Kier molecular flexibility index (Phi) is 5.06. The lowest BCUT2D eigenvalue weighted by Gasteiger charge is -2.35. The number of thiazole rings is 1. The van der Waals surface area contributed by atoms with E-state index < -0.39 is 0 Å². The highest BCUT2D eigenvalue weighted by Crippen LogP contribution is 2.26. The van der Waals surface area contributed by atoms with Gasteiger partial charge in [-0.15, -0.1) is 0 Å². The van der Waals surface area contributed by atoms with Crippen LogP contribution in [0.25, 0.3) is 21.0 Å². The molecule has 1 aliphatic heterocycles. The van der Waals surface area contributed by atoms with E-state index in [9.17, 15) is 9.18 Å². The fourth-order valence-corrected chi connectivity index (χ4v) is 4.76. The van der Waals surface area contributed by atoms with E-state index in [0.29, 0.717) is 17.2 Å². The topological polar surface area (TPSA) is 48.5 Å². The van der Waals surface area contributed by atoms with E-state index in [-0.39, 0.29) is 11.7 Å². The number of benzene rings is 3. The molecule has 0 atom stereocenters. The number of rotatable bonds is 4. The van der Waals surface area contributed by atoms with Gasteiger partial charge >= 0.3 is 0 Å². The number of aromatic nitrogens is 1. The second kappa shape index (κ2) is 8.01. The van der Waals surface area contributed by atoms with E-state index in [1.54, 1.807) is 6.07 Å². The van der Waals surface area contributed by atoms with Crippen LogP contribution in [0, 0.1) is 5.82 Å². The van der Waals surface area contributed by atoms with Crippen LogP contribution in [0.3, 0.4) is 0 Å². The number of hydrogen-bond donors (Lipinski definition) is 1. The zero-order chi connectivity index (χ0) is 20.5. The van der Waals surface area contributed by atoms with Gasteiger partial charge in [-0.1, -0.05) is 41.7 Å². The highest BCUT2D eigenvalue weighted by atomic mass is 32.1. The first-order chi connectivity index (χ1) is 14.6. The molecule has 5 nitrogen and oxygen atoms in total. The SMILES string of the molecule is O=C(CN1CCN(c2ccc3ccccc3c2)CC1)Nc1nc2ccc(F)cc2s1. The number of carbonyl (C=O) groups is 1. The second-order valence-corrected chi connectivity index (χ2v) is 8.50. The van der Waals surface area contributed by atoms with E-state index in [1.165, 1.54) is 39.9 Å². The van der Waals surface area contributed by atoms with Crippen LogP contribution in [-0.4, -0.2) is 48.5 Å². The molecular weight excluding hydrogens is 399 g/mol. The Morgan fingerprint density at radius 3 is 2.63 bits per heavy atom. The number of hydrogen-bond acceptors (Lipinski definition) is 5. The minimum atomic E-state index is -0.298. The molecule has 1 aromatic heterocycles. The smallest absolute Gasteiger partial charge is 0.240 e. The lowest BCUT2D eigenvalue weighted by atomic mass is 10.1. The molecule has 0 spiro atoms. The number of fused-ring (bicyclic) bond motifs is 2. The molecule has 0 radical (unpaired) electrons. The summed E-state index contributed by atoms with van der Waals surface area (Å²) in [6.45, 7) is 3.74. The number of anilines is 2. The minimum absolute atomic E-state index is 0.0892. The fourth-order valence-electron chi connectivity index (χ4n) is 3.85. The van der Waals surface area contributed by atoms with Crippen molar-refractivity contribution >= 4 is 49.1 Å². The molecule has 1 N–H and O–H groups in total. The van der Waals surface area contributed by atoms with Crippen molar-refractivity contribution in [1.29, 1.82) is 0 Å². The summed E-state index contributed by atoms with van der Waals surface area (Å²) in [6.07, 6.45) is 0. The number of piperazine rings is 1. The van der Waals surface area contributed by atoms with Crippen LogP contribution in [0.2, 0.25) is 0 Å². The average Bonchev–Trinajstić information content (AvgIpc) is 3.15. The van der Waals surface area contributed by atoms with E-state index in [0.717, 1.165) is 30.9 Å². The van der Waals surface area contributed by atoms with E-state index in [2.05, 4.69) is 62.6 Å². The van der Waals surface area contributed by atoms with Crippen LogP contribution >= 0.6 is 11.3 Å². The molecule has 1 aliphatic rings. The van der Waals surface area contributed by atoms with Gasteiger partial charge in [0.1, 0.15) is 5.82 Å². The average molecular weight is 421 g/mol. The molecule has 1 amide bonds. The Morgan fingerprint density at radius 2 is 1.80 bits per heavy atom. The number of nitrogens with one attached hydrogen (secondary N) is 1. The van der Waals surface area contributed by atoms with Crippen molar-refractivity contribution in [1.82, 2.24) is 9.88 Å². The zero-order valence-corrected chi connectivity index (χ0v) is 17.2. The van der Waals surface area contributed by atoms with Crippen molar-refractivity contribution in [3.05, 3.63) is 66.5 Å². The summed E-state index contributed by atoms with van der Waals surface area (Å²) < 4.78 is 14.1. The molecule has 4 aromatic rings. The predicted molar refractivity (Wildman–Crippen MR) is 121 cm³/mol. The first-order valence-corrected chi connectivity index (χ1v) is 10.8. The van der Waals surface area contributed by atoms with Crippen molar-refractivity contribution in [3.63, 3.8) is 0 Å². The molecule has 30 heavy (non-hydrogen) atoms. The van der Waals surface area contributed by atoms with Gasteiger partial charge < -0.3 is 10.2 Å². The third-order valence-electron chi connectivity index (χ3n) is 5.43. The van der Waals surface area contributed by atoms with Crippen LogP contribution in [0.5, 0.6) is 0 Å². The monoisotopic (exact) mass is 420 g/mol. The third kappa shape index (κ3) is 3.99. The Morgan fingerprint density at radius 1 is 1.00 bits per heavy atom. The summed E-state index contributed by atoms with van der Waals surface area (Å²) >= 11 is 1.29. The second-order valence-electron chi connectivity index (χ2n) is 7.47. The molecule has 1 fully saturated rings. The Bertz CT molecular complexity index is 1220. The Labute approximate surface area is 177 Å². The molecule has 2 heterocycles. The standard InChI is InChI=1S/C23H21FN4OS/c24-18-6-8-20-21(14-18)30-23(25-20)26-22(29)15-27-9-11-28(12-10-27)19-7-5-16-3-1-2-4-17(16)13-19/h1-8,13-14H,9-12,15H2,(H,25,26,29). The fraction of sp³-hybridized carbons (Fsp3) is 0.217. The molecule has 0 bridgehead atoms. The van der Waals surface area contributed by atoms with Gasteiger partial charge in [0.05, 0.1) is 16.8 Å². The van der Waals surface area contributed by atoms with Gasteiger partial charge in [0, 0.05) is 31.9 Å². The van der Waals surface area contributed by atoms with Gasteiger partial charge in [-0.05, 0) is 41.1 Å². The summed E-state index contributed by atoms with van der Waals surface area (Å²) in [5.41, 5.74) is 1.92. The molecule has 5 rings (SSSR count). The molecule has 1 saturated heterocycles. The van der Waals surface area contributed by atoms with E-state index in [1.807, 2.05) is 0 Å². The van der Waals surface area contributed by atoms with Crippen LogP contribution in [-0.2, 0) is 4.79 Å². The largest absolute Gasteiger partial charge is 0.369 e. The first-order valence-electron chi connectivity index (χ1n) is 9.96. The molecule has 7 heteroatoms.